The molecule has 1 amide bonds. The second kappa shape index (κ2) is 7.75. The summed E-state index contributed by atoms with van der Waals surface area (Å²) in [5.74, 6) is 1.26. The summed E-state index contributed by atoms with van der Waals surface area (Å²) in [6, 6.07) is 13.5. The number of halogens is 1. The van der Waals surface area contributed by atoms with Gasteiger partial charge >= 0.3 is 0 Å². The summed E-state index contributed by atoms with van der Waals surface area (Å²) in [6.45, 7) is 4.03. The summed E-state index contributed by atoms with van der Waals surface area (Å²) in [7, 11) is 1.80. The van der Waals surface area contributed by atoms with Crippen molar-refractivity contribution in [2.75, 3.05) is 11.9 Å². The minimum atomic E-state index is 0.0324. The second-order valence-electron chi connectivity index (χ2n) is 6.37. The third-order valence-electron chi connectivity index (χ3n) is 4.34. The van der Waals surface area contributed by atoms with Crippen molar-refractivity contribution in [3.8, 4) is 11.3 Å². The van der Waals surface area contributed by atoms with E-state index >= 15 is 0 Å². The fourth-order valence-corrected chi connectivity index (χ4v) is 2.90. The number of oxazole rings is 1. The molecule has 0 saturated heterocycles. The lowest BCUT2D eigenvalue weighted by molar-refractivity contribution is -0.118. The predicted octanol–water partition coefficient (Wildman–Crippen LogP) is 5.21. The van der Waals surface area contributed by atoms with Gasteiger partial charge in [-0.1, -0.05) is 23.7 Å². The molecule has 3 aromatic rings. The van der Waals surface area contributed by atoms with Crippen LogP contribution >= 0.6 is 11.6 Å². The van der Waals surface area contributed by atoms with Gasteiger partial charge in [0.1, 0.15) is 0 Å². The van der Waals surface area contributed by atoms with E-state index in [9.17, 15) is 4.79 Å². The summed E-state index contributed by atoms with van der Waals surface area (Å²) in [5, 5.41) is 0.675. The molecule has 26 heavy (non-hydrogen) atoms. The van der Waals surface area contributed by atoms with Gasteiger partial charge in [-0.2, -0.15) is 0 Å². The molecule has 0 spiro atoms. The molecule has 0 aliphatic heterocycles. The van der Waals surface area contributed by atoms with E-state index in [0.717, 1.165) is 22.4 Å². The van der Waals surface area contributed by atoms with Crippen LogP contribution in [-0.4, -0.2) is 17.9 Å². The number of anilines is 1. The molecular weight excluding hydrogens is 348 g/mol. The van der Waals surface area contributed by atoms with Gasteiger partial charge in [0, 0.05) is 36.2 Å². The van der Waals surface area contributed by atoms with Gasteiger partial charge in [-0.3, -0.25) is 4.79 Å². The highest BCUT2D eigenvalue weighted by Gasteiger charge is 2.15. The fraction of sp³-hybridized carbons (Fsp3) is 0.238. The topological polar surface area (TPSA) is 46.3 Å². The van der Waals surface area contributed by atoms with E-state index in [0.29, 0.717) is 29.5 Å². The van der Waals surface area contributed by atoms with Crippen LogP contribution in [0.5, 0.6) is 0 Å². The van der Waals surface area contributed by atoms with Gasteiger partial charge in [-0.25, -0.2) is 4.98 Å². The van der Waals surface area contributed by atoms with Crippen molar-refractivity contribution < 1.29 is 9.21 Å². The first-order valence-electron chi connectivity index (χ1n) is 8.48. The average Bonchev–Trinajstić information content (AvgIpc) is 3.10. The van der Waals surface area contributed by atoms with Crippen molar-refractivity contribution in [2.24, 2.45) is 0 Å². The molecule has 2 aromatic carbocycles. The van der Waals surface area contributed by atoms with E-state index in [4.69, 9.17) is 16.0 Å². The Morgan fingerprint density at radius 2 is 1.88 bits per heavy atom. The molecule has 0 saturated carbocycles. The van der Waals surface area contributed by atoms with Crippen molar-refractivity contribution >= 4 is 23.2 Å². The molecule has 4 nitrogen and oxygen atoms in total. The molecule has 134 valence electrons. The maximum atomic E-state index is 12.5. The summed E-state index contributed by atoms with van der Waals surface area (Å²) in [6.07, 6.45) is 2.48. The molecule has 1 heterocycles. The first-order valence-corrected chi connectivity index (χ1v) is 8.86. The zero-order chi connectivity index (χ0) is 18.7. The first-order chi connectivity index (χ1) is 12.4. The number of aryl methyl sites for hydroxylation is 3. The Kier molecular flexibility index (Phi) is 5.43. The number of hydrogen-bond acceptors (Lipinski definition) is 3. The van der Waals surface area contributed by atoms with Crippen molar-refractivity contribution in [1.29, 1.82) is 0 Å². The number of carbonyl (C=O) groups is 1. The molecule has 1 aromatic heterocycles. The van der Waals surface area contributed by atoms with Crippen LogP contribution in [0.25, 0.3) is 11.3 Å². The van der Waals surface area contributed by atoms with E-state index in [1.165, 1.54) is 0 Å². The van der Waals surface area contributed by atoms with E-state index < -0.39 is 0 Å². The molecule has 0 atom stereocenters. The highest BCUT2D eigenvalue weighted by molar-refractivity contribution is 6.30. The third-order valence-corrected chi connectivity index (χ3v) is 4.59. The van der Waals surface area contributed by atoms with Gasteiger partial charge in [0.2, 0.25) is 5.91 Å². The Labute approximate surface area is 158 Å². The van der Waals surface area contributed by atoms with E-state index in [-0.39, 0.29) is 5.91 Å². The smallest absolute Gasteiger partial charge is 0.227 e. The average molecular weight is 369 g/mol. The summed E-state index contributed by atoms with van der Waals surface area (Å²) < 4.78 is 5.76. The maximum Gasteiger partial charge on any atom is 0.227 e. The summed E-state index contributed by atoms with van der Waals surface area (Å²) >= 11 is 5.90. The lowest BCUT2D eigenvalue weighted by Crippen LogP contribution is -2.27. The van der Waals surface area contributed by atoms with Gasteiger partial charge in [-0.05, 0) is 55.3 Å². The van der Waals surface area contributed by atoms with Crippen molar-refractivity contribution in [1.82, 2.24) is 4.98 Å². The summed E-state index contributed by atoms with van der Waals surface area (Å²) in [5.41, 5.74) is 4.05. The van der Waals surface area contributed by atoms with Crippen LogP contribution in [0.2, 0.25) is 5.02 Å². The van der Waals surface area contributed by atoms with Crippen LogP contribution < -0.4 is 4.90 Å². The number of rotatable bonds is 5. The number of carbonyl (C=O) groups excluding carboxylic acids is 1. The van der Waals surface area contributed by atoms with Gasteiger partial charge in [-0.15, -0.1) is 0 Å². The zero-order valence-corrected chi connectivity index (χ0v) is 15.9. The highest BCUT2D eigenvalue weighted by atomic mass is 35.5. The van der Waals surface area contributed by atoms with Crippen LogP contribution in [0.15, 0.2) is 53.1 Å². The van der Waals surface area contributed by atoms with Gasteiger partial charge in [0.05, 0.1) is 6.20 Å². The molecule has 0 radical (unpaired) electrons. The van der Waals surface area contributed by atoms with Gasteiger partial charge in [0.15, 0.2) is 11.7 Å². The standard InChI is InChI=1S/C21H21ClN2O2/c1-14-4-5-15(2)18(12-14)24(3)21(25)11-10-20-23-13-19(26-20)16-6-8-17(22)9-7-16/h4-9,12-13H,10-11H2,1-3H3. The molecule has 0 aliphatic rings. The number of amides is 1. The Hall–Kier alpha value is -2.59. The maximum absolute atomic E-state index is 12.5. The van der Waals surface area contributed by atoms with E-state index in [2.05, 4.69) is 4.98 Å². The van der Waals surface area contributed by atoms with Gasteiger partial charge < -0.3 is 9.32 Å². The lowest BCUT2D eigenvalue weighted by Gasteiger charge is -2.20. The van der Waals surface area contributed by atoms with Crippen molar-refractivity contribution in [3.05, 3.63) is 70.7 Å². The summed E-state index contributed by atoms with van der Waals surface area (Å²) in [4.78, 5) is 18.5. The third kappa shape index (κ3) is 4.14. The molecule has 0 N–H and O–H groups in total. The number of benzene rings is 2. The zero-order valence-electron chi connectivity index (χ0n) is 15.1. The lowest BCUT2D eigenvalue weighted by atomic mass is 10.1. The Bertz CT molecular complexity index is 916. The largest absolute Gasteiger partial charge is 0.441 e. The molecule has 3 rings (SSSR count). The molecule has 0 bridgehead atoms. The normalized spacial score (nSPS) is 10.8. The van der Waals surface area contributed by atoms with Gasteiger partial charge in [0.25, 0.3) is 0 Å². The van der Waals surface area contributed by atoms with Crippen molar-refractivity contribution in [2.45, 2.75) is 26.7 Å². The molecule has 0 aliphatic carbocycles. The number of aromatic nitrogens is 1. The van der Waals surface area contributed by atoms with Crippen LogP contribution in [0, 0.1) is 13.8 Å². The Morgan fingerprint density at radius 1 is 1.15 bits per heavy atom. The molecule has 5 heteroatoms. The minimum absolute atomic E-state index is 0.0324. The van der Waals surface area contributed by atoms with Crippen LogP contribution in [0.1, 0.15) is 23.4 Å². The second-order valence-corrected chi connectivity index (χ2v) is 6.80. The van der Waals surface area contributed by atoms with E-state index in [1.807, 2.05) is 56.3 Å². The quantitative estimate of drug-likeness (QED) is 0.621. The number of hydrogen-bond donors (Lipinski definition) is 0. The monoisotopic (exact) mass is 368 g/mol. The molecule has 0 unspecified atom stereocenters. The first kappa shape index (κ1) is 18.2. The number of nitrogens with zero attached hydrogens (tertiary/aromatic N) is 2. The van der Waals surface area contributed by atoms with Crippen LogP contribution in [0.4, 0.5) is 5.69 Å². The minimum Gasteiger partial charge on any atom is -0.441 e. The Balaban J connectivity index is 1.64. The van der Waals surface area contributed by atoms with Crippen molar-refractivity contribution in [3.63, 3.8) is 0 Å². The van der Waals surface area contributed by atoms with Crippen LogP contribution in [0.3, 0.4) is 0 Å². The molecule has 0 fully saturated rings. The van der Waals surface area contributed by atoms with Crippen LogP contribution in [-0.2, 0) is 11.2 Å². The fourth-order valence-electron chi connectivity index (χ4n) is 2.77. The van der Waals surface area contributed by atoms with E-state index in [1.54, 1.807) is 18.1 Å². The SMILES string of the molecule is Cc1ccc(C)c(N(C)C(=O)CCc2ncc(-c3ccc(Cl)cc3)o2)c1. The predicted molar refractivity (Wildman–Crippen MR) is 105 cm³/mol. The molecular formula is C21H21ClN2O2. The highest BCUT2D eigenvalue weighted by Crippen LogP contribution is 2.24. The Morgan fingerprint density at radius 3 is 2.62 bits per heavy atom.